The summed E-state index contributed by atoms with van der Waals surface area (Å²) in [7, 11) is 0. The second-order valence-electron chi connectivity index (χ2n) is 24.1. The topological polar surface area (TPSA) is 172 Å². The standard InChI is InChI=1S/3C22H42O3.Al/c3*1-19(2)17-15-13-11-9-7-5-4-6-8-10-12-14-16-18-21(20(3)23)22(24)25;/h3*19,21H,4-18H2,1-3H3,(H,24,25);/q;;;+3/p-3. The minimum Gasteiger partial charge on any atom is -0.549 e. The van der Waals surface area contributed by atoms with E-state index in [1.54, 1.807) is 0 Å². The quantitative estimate of drug-likeness (QED) is 0.0326. The third kappa shape index (κ3) is 62.8. The number of unbranched alkanes of at least 4 members (excludes halogenated alkanes) is 36. The van der Waals surface area contributed by atoms with Gasteiger partial charge in [-0.3, -0.25) is 14.4 Å². The van der Waals surface area contributed by atoms with Gasteiger partial charge in [0.05, 0.1) is 35.7 Å². The summed E-state index contributed by atoms with van der Waals surface area (Å²) < 4.78 is 0. The van der Waals surface area contributed by atoms with Crippen molar-refractivity contribution in [3.05, 3.63) is 0 Å². The van der Waals surface area contributed by atoms with Gasteiger partial charge in [0.25, 0.3) is 0 Å². The molecular weight excluding hydrogens is 964 g/mol. The largest absolute Gasteiger partial charge is 3.00 e. The Hall–Kier alpha value is -2.05. The van der Waals surface area contributed by atoms with Gasteiger partial charge in [-0.15, -0.1) is 0 Å². The van der Waals surface area contributed by atoms with E-state index in [1.807, 2.05) is 0 Å². The van der Waals surface area contributed by atoms with Crippen LogP contribution in [0.5, 0.6) is 0 Å². The molecule has 3 unspecified atom stereocenters. The van der Waals surface area contributed by atoms with Crippen LogP contribution >= 0.6 is 0 Å². The monoisotopic (exact) mass is 1090 g/mol. The molecule has 0 heterocycles. The first kappa shape index (κ1) is 80.4. The molecule has 0 amide bonds. The van der Waals surface area contributed by atoms with Gasteiger partial charge in [0.2, 0.25) is 0 Å². The van der Waals surface area contributed by atoms with Crippen LogP contribution in [0.25, 0.3) is 0 Å². The number of carboxylic acids is 3. The second kappa shape index (κ2) is 60.6. The number of rotatable bonds is 54. The molecule has 76 heavy (non-hydrogen) atoms. The Morgan fingerprint density at radius 2 is 0.329 bits per heavy atom. The van der Waals surface area contributed by atoms with Gasteiger partial charge in [0.15, 0.2) is 0 Å². The smallest absolute Gasteiger partial charge is 0.549 e. The van der Waals surface area contributed by atoms with Gasteiger partial charge in [0, 0.05) is 0 Å². The predicted molar refractivity (Wildman–Crippen MR) is 316 cm³/mol. The Balaban J connectivity index is -0.000000508. The van der Waals surface area contributed by atoms with Crippen molar-refractivity contribution in [3.63, 3.8) is 0 Å². The molecule has 3 atom stereocenters. The van der Waals surface area contributed by atoms with E-state index in [-0.39, 0.29) is 34.7 Å². The Morgan fingerprint density at radius 3 is 0.421 bits per heavy atom. The molecule has 10 heteroatoms. The van der Waals surface area contributed by atoms with Crippen LogP contribution in [-0.4, -0.2) is 52.6 Å². The molecule has 0 N–H and O–H groups in total. The average molecular weight is 1090 g/mol. The molecule has 0 saturated carbocycles. The maximum atomic E-state index is 11.2. The number of carboxylic acid groups (broad SMARTS) is 3. The maximum absolute atomic E-state index is 11.2. The van der Waals surface area contributed by atoms with Crippen LogP contribution in [0.3, 0.4) is 0 Å². The first-order chi connectivity index (χ1) is 35.8. The molecule has 0 radical (unpaired) electrons. The summed E-state index contributed by atoms with van der Waals surface area (Å²) in [5, 5.41) is 32.4. The van der Waals surface area contributed by atoms with E-state index in [0.29, 0.717) is 19.3 Å². The number of hydrogen-bond donors (Lipinski definition) is 0. The van der Waals surface area contributed by atoms with Crippen molar-refractivity contribution in [1.29, 1.82) is 0 Å². The molecule has 0 aliphatic carbocycles. The zero-order chi connectivity index (χ0) is 56.7. The molecule has 0 saturated heterocycles. The maximum Gasteiger partial charge on any atom is 3.00 e. The predicted octanol–water partition coefficient (Wildman–Crippen LogP) is 16.0. The number of Topliss-reactive ketones (excluding diaryl/α,β-unsaturated/α-hetero) is 3. The van der Waals surface area contributed by atoms with Crippen molar-refractivity contribution < 1.29 is 44.1 Å². The molecule has 0 bridgehead atoms. The fourth-order valence-corrected chi connectivity index (χ4v) is 10.00. The van der Waals surface area contributed by atoms with E-state index in [2.05, 4.69) is 41.5 Å². The number of carbonyl (C=O) groups excluding carboxylic acids is 6. The summed E-state index contributed by atoms with van der Waals surface area (Å²) in [6.07, 6.45) is 55.0. The van der Waals surface area contributed by atoms with E-state index >= 15 is 0 Å². The van der Waals surface area contributed by atoms with Crippen molar-refractivity contribution in [2.45, 2.75) is 351 Å². The zero-order valence-electron chi connectivity index (χ0n) is 51.5. The van der Waals surface area contributed by atoms with Crippen LogP contribution < -0.4 is 15.3 Å². The molecule has 0 aliphatic heterocycles. The van der Waals surface area contributed by atoms with Crippen LogP contribution in [0.2, 0.25) is 0 Å². The summed E-state index contributed by atoms with van der Waals surface area (Å²) in [6, 6.07) is 0. The van der Waals surface area contributed by atoms with E-state index in [9.17, 15) is 44.1 Å². The van der Waals surface area contributed by atoms with Crippen molar-refractivity contribution in [3.8, 4) is 0 Å². The van der Waals surface area contributed by atoms with Crippen LogP contribution in [0.15, 0.2) is 0 Å². The fourth-order valence-electron chi connectivity index (χ4n) is 10.00. The molecule has 444 valence electrons. The number of carbonyl (C=O) groups is 6. The van der Waals surface area contributed by atoms with Gasteiger partial charge in [0.1, 0.15) is 17.3 Å². The SMILES string of the molecule is CC(=O)C(CCCCCCCCCCCCCCCC(C)C)C(=O)[O-].CC(=O)C(CCCCCCCCCCCCCCCC(C)C)C(=O)[O-].CC(=O)C(CCCCCCCCCCCCCCCC(C)C)C(=O)[O-].[Al+3]. The number of ketones is 3. The van der Waals surface area contributed by atoms with Gasteiger partial charge in [-0.1, -0.05) is 311 Å². The average Bonchev–Trinajstić information content (AvgIpc) is 3.33. The molecule has 9 nitrogen and oxygen atoms in total. The molecule has 0 aromatic heterocycles. The van der Waals surface area contributed by atoms with Gasteiger partial charge >= 0.3 is 17.4 Å². The van der Waals surface area contributed by atoms with Crippen molar-refractivity contribution >= 4 is 52.6 Å². The van der Waals surface area contributed by atoms with Gasteiger partial charge < -0.3 is 29.7 Å². The van der Waals surface area contributed by atoms with Crippen molar-refractivity contribution in [2.24, 2.45) is 35.5 Å². The van der Waals surface area contributed by atoms with Crippen LogP contribution in [0.4, 0.5) is 0 Å². The third-order valence-corrected chi connectivity index (χ3v) is 15.1. The summed E-state index contributed by atoms with van der Waals surface area (Å²) in [5.41, 5.74) is 0. The summed E-state index contributed by atoms with van der Waals surface area (Å²) in [5.74, 6) is -4.62. The Kier molecular flexibility index (Phi) is 64.1. The molecule has 0 aliphatic rings. The van der Waals surface area contributed by atoms with Crippen molar-refractivity contribution in [1.82, 2.24) is 0 Å². The second-order valence-corrected chi connectivity index (χ2v) is 24.1. The molecule has 0 spiro atoms. The van der Waals surface area contributed by atoms with Gasteiger partial charge in [-0.2, -0.15) is 0 Å². The fraction of sp³-hybridized carbons (Fsp3) is 0.909. The first-order valence-corrected chi connectivity index (χ1v) is 32.0. The summed E-state index contributed by atoms with van der Waals surface area (Å²) >= 11 is 0. The zero-order valence-corrected chi connectivity index (χ0v) is 52.7. The van der Waals surface area contributed by atoms with Gasteiger partial charge in [-0.05, 0) is 57.8 Å². The van der Waals surface area contributed by atoms with E-state index in [4.69, 9.17) is 0 Å². The first-order valence-electron chi connectivity index (χ1n) is 32.0. The van der Waals surface area contributed by atoms with E-state index in [1.165, 1.54) is 233 Å². The van der Waals surface area contributed by atoms with Crippen LogP contribution in [0, 0.1) is 35.5 Å². The molecule has 0 aromatic carbocycles. The Bertz CT molecular complexity index is 1130. The number of hydrogen-bond acceptors (Lipinski definition) is 9. The van der Waals surface area contributed by atoms with E-state index in [0.717, 1.165) is 75.5 Å². The van der Waals surface area contributed by atoms with Gasteiger partial charge in [-0.25, -0.2) is 0 Å². The number of aliphatic carboxylic acids is 3. The van der Waals surface area contributed by atoms with E-state index < -0.39 is 35.7 Å². The molecule has 0 fully saturated rings. The molecule has 0 aromatic rings. The molecular formula is C66H123AlO9. The Morgan fingerprint density at radius 1 is 0.224 bits per heavy atom. The summed E-state index contributed by atoms with van der Waals surface area (Å²) in [4.78, 5) is 65.9. The Labute approximate surface area is 481 Å². The third-order valence-electron chi connectivity index (χ3n) is 15.1. The van der Waals surface area contributed by atoms with Crippen LogP contribution in [0.1, 0.15) is 351 Å². The normalized spacial score (nSPS) is 12.3. The van der Waals surface area contributed by atoms with Crippen LogP contribution in [-0.2, 0) is 28.8 Å². The molecule has 0 rings (SSSR count). The minimum absolute atomic E-state index is 0. The minimum atomic E-state index is -1.22. The summed E-state index contributed by atoms with van der Waals surface area (Å²) in [6.45, 7) is 17.8. The van der Waals surface area contributed by atoms with Crippen molar-refractivity contribution in [2.75, 3.05) is 0 Å².